The number of aryl methyl sites for hydroxylation is 2. The van der Waals surface area contributed by atoms with Gasteiger partial charge in [0.2, 0.25) is 17.7 Å². The van der Waals surface area contributed by atoms with E-state index in [1.807, 2.05) is 13.8 Å². The highest BCUT2D eigenvalue weighted by Crippen LogP contribution is 2.29. The number of rotatable bonds is 4. The summed E-state index contributed by atoms with van der Waals surface area (Å²) in [4.78, 5) is 68.4. The first-order valence-corrected chi connectivity index (χ1v) is 10.6. The predicted molar refractivity (Wildman–Crippen MR) is 110 cm³/mol. The van der Waals surface area contributed by atoms with Crippen molar-refractivity contribution >= 4 is 40.9 Å². The standard InChI is InChI=1S/C21H20N4O5S/c1-10-14(22-11(2)31-10)8-17(27)24-19(28)13-5-3-4-12-9-25(21(30)18(12)13)15-6-7-16(26)23-20(15)29/h3-5,15H,6-9H2,1-2H3,(H,23,26,29)(H,24,27,28). The maximum absolute atomic E-state index is 13.1. The van der Waals surface area contributed by atoms with Crippen molar-refractivity contribution in [2.45, 2.75) is 45.7 Å². The number of carbonyl (C=O) groups excluding carboxylic acids is 5. The van der Waals surface area contributed by atoms with Crippen molar-refractivity contribution in [1.29, 1.82) is 0 Å². The molecule has 0 bridgehead atoms. The minimum Gasteiger partial charge on any atom is -0.322 e. The van der Waals surface area contributed by atoms with Crippen molar-refractivity contribution in [3.05, 3.63) is 50.5 Å². The summed E-state index contributed by atoms with van der Waals surface area (Å²) in [5.41, 5.74) is 1.47. The summed E-state index contributed by atoms with van der Waals surface area (Å²) in [6.45, 7) is 3.87. The molecule has 31 heavy (non-hydrogen) atoms. The van der Waals surface area contributed by atoms with E-state index in [2.05, 4.69) is 15.6 Å². The average molecular weight is 440 g/mol. The third-order valence-corrected chi connectivity index (χ3v) is 6.31. The topological polar surface area (TPSA) is 126 Å². The Morgan fingerprint density at radius 1 is 1.26 bits per heavy atom. The molecule has 1 fully saturated rings. The molecule has 0 spiro atoms. The van der Waals surface area contributed by atoms with Crippen LogP contribution in [0.1, 0.15) is 54.7 Å². The molecule has 2 aromatic rings. The van der Waals surface area contributed by atoms with Gasteiger partial charge in [-0.2, -0.15) is 0 Å². The number of hydrogen-bond donors (Lipinski definition) is 2. The van der Waals surface area contributed by atoms with Crippen LogP contribution in [0.2, 0.25) is 0 Å². The molecule has 2 N–H and O–H groups in total. The van der Waals surface area contributed by atoms with Gasteiger partial charge in [0.15, 0.2) is 0 Å². The molecular weight excluding hydrogens is 420 g/mol. The van der Waals surface area contributed by atoms with Crippen LogP contribution in [-0.4, -0.2) is 45.5 Å². The summed E-state index contributed by atoms with van der Waals surface area (Å²) in [6.07, 6.45) is 0.345. The fraction of sp³-hybridized carbons (Fsp3) is 0.333. The fourth-order valence-electron chi connectivity index (χ4n) is 3.93. The molecule has 3 heterocycles. The van der Waals surface area contributed by atoms with Crippen LogP contribution in [0, 0.1) is 13.8 Å². The van der Waals surface area contributed by atoms with Gasteiger partial charge in [-0.05, 0) is 31.9 Å². The smallest absolute Gasteiger partial charge is 0.258 e. The molecule has 2 aliphatic rings. The number of carbonyl (C=O) groups is 5. The van der Waals surface area contributed by atoms with E-state index in [0.717, 1.165) is 9.88 Å². The molecule has 0 aliphatic carbocycles. The van der Waals surface area contributed by atoms with Crippen LogP contribution >= 0.6 is 11.3 Å². The van der Waals surface area contributed by atoms with Crippen molar-refractivity contribution in [2.24, 2.45) is 0 Å². The largest absolute Gasteiger partial charge is 0.322 e. The Bertz CT molecular complexity index is 1140. The number of nitrogens with zero attached hydrogens (tertiary/aromatic N) is 2. The highest BCUT2D eigenvalue weighted by molar-refractivity contribution is 7.11. The van der Waals surface area contributed by atoms with E-state index in [4.69, 9.17) is 0 Å². The quantitative estimate of drug-likeness (QED) is 0.684. The van der Waals surface area contributed by atoms with Gasteiger partial charge in [0, 0.05) is 17.8 Å². The van der Waals surface area contributed by atoms with Crippen LogP contribution in [0.25, 0.3) is 0 Å². The van der Waals surface area contributed by atoms with E-state index in [-0.39, 0.29) is 42.8 Å². The van der Waals surface area contributed by atoms with E-state index in [1.54, 1.807) is 12.1 Å². The molecule has 4 rings (SSSR count). The number of imide groups is 2. The second-order valence-corrected chi connectivity index (χ2v) is 8.94. The number of nitrogens with one attached hydrogen (secondary N) is 2. The Morgan fingerprint density at radius 3 is 2.71 bits per heavy atom. The van der Waals surface area contributed by atoms with Crippen LogP contribution in [0.5, 0.6) is 0 Å². The Labute approximate surface area is 181 Å². The van der Waals surface area contributed by atoms with Crippen LogP contribution in [0.3, 0.4) is 0 Å². The number of benzene rings is 1. The highest BCUT2D eigenvalue weighted by atomic mass is 32.1. The first-order valence-electron chi connectivity index (χ1n) is 9.78. The zero-order valence-corrected chi connectivity index (χ0v) is 17.8. The Hall–Kier alpha value is -3.40. The lowest BCUT2D eigenvalue weighted by atomic mass is 10.0. The van der Waals surface area contributed by atoms with Crippen molar-refractivity contribution < 1.29 is 24.0 Å². The number of piperidine rings is 1. The SMILES string of the molecule is Cc1nc(CC(=O)NC(=O)c2cccc3c2C(=O)N(C2CCC(=O)NC2=O)C3)c(C)s1. The third kappa shape index (κ3) is 3.98. The zero-order chi connectivity index (χ0) is 22.3. The van der Waals surface area contributed by atoms with E-state index < -0.39 is 29.7 Å². The summed E-state index contributed by atoms with van der Waals surface area (Å²) in [6, 6.07) is 4.05. The molecular formula is C21H20N4O5S. The fourth-order valence-corrected chi connectivity index (χ4v) is 4.76. The summed E-state index contributed by atoms with van der Waals surface area (Å²) >= 11 is 1.48. The van der Waals surface area contributed by atoms with Gasteiger partial charge in [0.1, 0.15) is 6.04 Å². The molecule has 2 aliphatic heterocycles. The summed E-state index contributed by atoms with van der Waals surface area (Å²) in [5, 5.41) is 5.42. The van der Waals surface area contributed by atoms with Crippen molar-refractivity contribution in [3.63, 3.8) is 0 Å². The molecule has 1 unspecified atom stereocenters. The van der Waals surface area contributed by atoms with Crippen LogP contribution in [0.15, 0.2) is 18.2 Å². The molecule has 1 atom stereocenters. The normalized spacial score (nSPS) is 18.1. The van der Waals surface area contributed by atoms with Gasteiger partial charge in [-0.15, -0.1) is 11.3 Å². The molecule has 1 aromatic heterocycles. The Kier molecular flexibility index (Phi) is 5.40. The first kappa shape index (κ1) is 20.9. The van der Waals surface area contributed by atoms with Crippen LogP contribution in [0.4, 0.5) is 0 Å². The summed E-state index contributed by atoms with van der Waals surface area (Å²) in [5.74, 6) is -2.54. The van der Waals surface area contributed by atoms with Crippen molar-refractivity contribution in [2.75, 3.05) is 0 Å². The van der Waals surface area contributed by atoms with Gasteiger partial charge < -0.3 is 4.90 Å². The van der Waals surface area contributed by atoms with Crippen molar-refractivity contribution in [1.82, 2.24) is 20.5 Å². The molecule has 0 saturated carbocycles. The lowest BCUT2D eigenvalue weighted by molar-refractivity contribution is -0.137. The van der Waals surface area contributed by atoms with E-state index in [0.29, 0.717) is 11.3 Å². The van der Waals surface area contributed by atoms with Gasteiger partial charge in [0.05, 0.1) is 28.2 Å². The minimum atomic E-state index is -0.772. The number of fused-ring (bicyclic) bond motifs is 1. The molecule has 5 amide bonds. The van der Waals surface area contributed by atoms with Crippen LogP contribution in [-0.2, 0) is 27.3 Å². The molecule has 9 nitrogen and oxygen atoms in total. The maximum Gasteiger partial charge on any atom is 0.258 e. The van der Waals surface area contributed by atoms with Gasteiger partial charge in [-0.25, -0.2) is 4.98 Å². The number of amides is 5. The lowest BCUT2D eigenvalue weighted by Crippen LogP contribution is -2.52. The summed E-state index contributed by atoms with van der Waals surface area (Å²) < 4.78 is 0. The Balaban J connectivity index is 1.51. The van der Waals surface area contributed by atoms with Gasteiger partial charge >= 0.3 is 0 Å². The molecule has 0 radical (unpaired) electrons. The number of hydrogen-bond acceptors (Lipinski definition) is 7. The third-order valence-electron chi connectivity index (χ3n) is 5.38. The zero-order valence-electron chi connectivity index (χ0n) is 17.0. The molecule has 1 saturated heterocycles. The van der Waals surface area contributed by atoms with E-state index in [9.17, 15) is 24.0 Å². The monoisotopic (exact) mass is 440 g/mol. The minimum absolute atomic E-state index is 0.0344. The number of thiazole rings is 1. The highest BCUT2D eigenvalue weighted by Gasteiger charge is 2.40. The summed E-state index contributed by atoms with van der Waals surface area (Å²) in [7, 11) is 0. The van der Waals surface area contributed by atoms with Gasteiger partial charge in [0.25, 0.3) is 11.8 Å². The van der Waals surface area contributed by atoms with E-state index >= 15 is 0 Å². The first-order chi connectivity index (χ1) is 14.7. The predicted octanol–water partition coefficient (Wildman–Crippen LogP) is 1.02. The molecule has 160 valence electrons. The second-order valence-electron chi connectivity index (χ2n) is 7.53. The maximum atomic E-state index is 13.1. The average Bonchev–Trinajstić information content (AvgIpc) is 3.20. The second kappa shape index (κ2) is 8.03. The van der Waals surface area contributed by atoms with Crippen LogP contribution < -0.4 is 10.6 Å². The lowest BCUT2D eigenvalue weighted by Gasteiger charge is -2.29. The van der Waals surface area contributed by atoms with Gasteiger partial charge in [-0.3, -0.25) is 34.6 Å². The van der Waals surface area contributed by atoms with E-state index in [1.165, 1.54) is 22.3 Å². The Morgan fingerprint density at radius 2 is 2.03 bits per heavy atom. The molecule has 1 aromatic carbocycles. The molecule has 10 heteroatoms. The number of aromatic nitrogens is 1. The van der Waals surface area contributed by atoms with Gasteiger partial charge in [-0.1, -0.05) is 12.1 Å². The van der Waals surface area contributed by atoms with Crippen molar-refractivity contribution in [3.8, 4) is 0 Å².